The lowest BCUT2D eigenvalue weighted by Crippen LogP contribution is -2.31. The molecule has 5 rings (SSSR count). The van der Waals surface area contributed by atoms with Crippen LogP contribution in [0.4, 0.5) is 0 Å². The topological polar surface area (TPSA) is 39.0 Å². The molecule has 5 nitrogen and oxygen atoms in total. The van der Waals surface area contributed by atoms with Gasteiger partial charge in [-0.15, -0.1) is 0 Å². The van der Waals surface area contributed by atoms with Crippen LogP contribution >= 0.6 is 0 Å². The Balaban J connectivity index is 1.99. The molecule has 0 unspecified atom stereocenters. The first-order valence-electron chi connectivity index (χ1n) is 6.63. The van der Waals surface area contributed by atoms with Crippen LogP contribution in [0.3, 0.4) is 0 Å². The van der Waals surface area contributed by atoms with E-state index < -0.39 is 0 Å². The van der Waals surface area contributed by atoms with Crippen LogP contribution in [-0.2, 0) is 13.6 Å². The van der Waals surface area contributed by atoms with Crippen molar-refractivity contribution in [3.05, 3.63) is 48.4 Å². The number of hydrogen-bond donors (Lipinski definition) is 0. The van der Waals surface area contributed by atoms with E-state index in [1.165, 1.54) is 22.4 Å². The summed E-state index contributed by atoms with van der Waals surface area (Å²) in [4.78, 5) is 4.55. The third kappa shape index (κ3) is 1.02. The summed E-state index contributed by atoms with van der Waals surface area (Å²) in [6, 6.07) is 8.24. The number of aromatic nitrogens is 5. The van der Waals surface area contributed by atoms with Crippen molar-refractivity contribution in [3.63, 3.8) is 0 Å². The second kappa shape index (κ2) is 3.25. The highest BCUT2D eigenvalue weighted by Crippen LogP contribution is 2.30. The zero-order valence-corrected chi connectivity index (χ0v) is 11.0. The fourth-order valence-corrected chi connectivity index (χ4v) is 3.28. The molecule has 0 spiro atoms. The Bertz CT molecular complexity index is 992. The first kappa shape index (κ1) is 10.1. The summed E-state index contributed by atoms with van der Waals surface area (Å²) in [7, 11) is 2.09. The number of rotatable bonds is 0. The molecular formula is C15H12N5+. The van der Waals surface area contributed by atoms with Gasteiger partial charge in [0.05, 0.1) is 13.2 Å². The van der Waals surface area contributed by atoms with Gasteiger partial charge in [0.15, 0.2) is 11.2 Å². The van der Waals surface area contributed by atoms with Gasteiger partial charge in [-0.25, -0.2) is 18.6 Å². The van der Waals surface area contributed by atoms with Crippen LogP contribution in [0.25, 0.3) is 28.1 Å². The Kier molecular flexibility index (Phi) is 1.65. The van der Waals surface area contributed by atoms with Gasteiger partial charge in [0.2, 0.25) is 5.52 Å². The van der Waals surface area contributed by atoms with Gasteiger partial charge in [-0.1, -0.05) is 6.07 Å². The molecule has 1 aliphatic rings. The van der Waals surface area contributed by atoms with E-state index >= 15 is 0 Å². The minimum absolute atomic E-state index is 0.879. The molecule has 0 amide bonds. The molecule has 0 aliphatic carbocycles. The van der Waals surface area contributed by atoms with E-state index in [0.29, 0.717) is 0 Å². The number of aryl methyl sites for hydroxylation is 1. The third-order valence-corrected chi connectivity index (χ3v) is 4.14. The average Bonchev–Trinajstić information content (AvgIpc) is 3.10. The van der Waals surface area contributed by atoms with Crippen molar-refractivity contribution in [2.75, 3.05) is 0 Å². The maximum atomic E-state index is 4.55. The monoisotopic (exact) mass is 262 g/mol. The molecule has 20 heavy (non-hydrogen) atoms. The highest BCUT2D eigenvalue weighted by Gasteiger charge is 2.35. The maximum Gasteiger partial charge on any atom is 0.309 e. The summed E-state index contributed by atoms with van der Waals surface area (Å²) >= 11 is 0. The van der Waals surface area contributed by atoms with E-state index in [1.54, 1.807) is 0 Å². The van der Waals surface area contributed by atoms with Gasteiger partial charge in [-0.2, -0.15) is 5.10 Å². The second-order valence-corrected chi connectivity index (χ2v) is 5.20. The second-order valence-electron chi connectivity index (χ2n) is 5.20. The van der Waals surface area contributed by atoms with E-state index in [4.69, 9.17) is 0 Å². The smallest absolute Gasteiger partial charge is 0.248 e. The minimum atomic E-state index is 0.879. The normalized spacial score (nSPS) is 13.1. The Morgan fingerprint density at radius 3 is 3.00 bits per heavy atom. The van der Waals surface area contributed by atoms with E-state index in [-0.39, 0.29) is 0 Å². The van der Waals surface area contributed by atoms with Crippen LogP contribution in [0.2, 0.25) is 0 Å². The van der Waals surface area contributed by atoms with Crippen molar-refractivity contribution in [2.45, 2.75) is 6.54 Å². The zero-order chi connectivity index (χ0) is 13.3. The Morgan fingerprint density at radius 1 is 1.15 bits per heavy atom. The minimum Gasteiger partial charge on any atom is -0.248 e. The van der Waals surface area contributed by atoms with Gasteiger partial charge in [-0.3, -0.25) is 0 Å². The Hall–Kier alpha value is -2.69. The molecular weight excluding hydrogens is 250 g/mol. The molecule has 96 valence electrons. The fraction of sp³-hybridized carbons (Fsp3) is 0.133. The predicted octanol–water partition coefficient (Wildman–Crippen LogP) is 1.54. The van der Waals surface area contributed by atoms with Gasteiger partial charge in [0.25, 0.3) is 0 Å². The van der Waals surface area contributed by atoms with Crippen molar-refractivity contribution in [1.82, 2.24) is 19.2 Å². The molecule has 5 heteroatoms. The summed E-state index contributed by atoms with van der Waals surface area (Å²) in [6.45, 7) is 0.879. The van der Waals surface area contributed by atoms with E-state index in [9.17, 15) is 0 Å². The average molecular weight is 262 g/mol. The predicted molar refractivity (Wildman–Crippen MR) is 74.2 cm³/mol. The van der Waals surface area contributed by atoms with Gasteiger partial charge >= 0.3 is 5.82 Å². The third-order valence-electron chi connectivity index (χ3n) is 4.14. The Labute approximate surface area is 114 Å². The summed E-state index contributed by atoms with van der Waals surface area (Å²) in [5, 5.41) is 4.38. The quantitative estimate of drug-likeness (QED) is 0.397. The van der Waals surface area contributed by atoms with Crippen molar-refractivity contribution in [3.8, 4) is 11.5 Å². The number of hydrogen-bond acceptors (Lipinski definition) is 2. The lowest BCUT2D eigenvalue weighted by Gasteiger charge is -1.93. The number of pyridine rings is 1. The molecule has 0 bridgehead atoms. The van der Waals surface area contributed by atoms with Crippen molar-refractivity contribution >= 4 is 16.6 Å². The van der Waals surface area contributed by atoms with Crippen molar-refractivity contribution in [1.29, 1.82) is 0 Å². The van der Waals surface area contributed by atoms with Crippen molar-refractivity contribution in [2.24, 2.45) is 7.05 Å². The molecule has 0 atom stereocenters. The van der Waals surface area contributed by atoms with E-state index in [2.05, 4.69) is 44.6 Å². The summed E-state index contributed by atoms with van der Waals surface area (Å²) < 4.78 is 6.49. The van der Waals surface area contributed by atoms with Gasteiger partial charge in [0.1, 0.15) is 12.1 Å². The van der Waals surface area contributed by atoms with Gasteiger partial charge < -0.3 is 0 Å². The molecule has 4 aromatic rings. The van der Waals surface area contributed by atoms with Gasteiger partial charge in [0, 0.05) is 18.0 Å². The first-order chi connectivity index (χ1) is 9.84. The van der Waals surface area contributed by atoms with Crippen LogP contribution in [0.15, 0.2) is 42.9 Å². The lowest BCUT2D eigenvalue weighted by molar-refractivity contribution is -0.645. The highest BCUT2D eigenvalue weighted by atomic mass is 15.3. The van der Waals surface area contributed by atoms with Gasteiger partial charge in [-0.05, 0) is 18.2 Å². The SMILES string of the molecule is Cn1c2[n+](c3c1cn1ncccc31)Cc1cccnc1-2. The number of imidazole rings is 1. The fourth-order valence-electron chi connectivity index (χ4n) is 3.28. The number of nitrogens with zero attached hydrogens (tertiary/aromatic N) is 5. The lowest BCUT2D eigenvalue weighted by atomic mass is 10.2. The summed E-state index contributed by atoms with van der Waals surface area (Å²) in [6.07, 6.45) is 5.76. The summed E-state index contributed by atoms with van der Waals surface area (Å²) in [5.74, 6) is 1.18. The highest BCUT2D eigenvalue weighted by molar-refractivity contribution is 5.91. The largest absolute Gasteiger partial charge is 0.309 e. The first-order valence-corrected chi connectivity index (χ1v) is 6.63. The molecule has 1 aliphatic heterocycles. The molecule has 0 saturated heterocycles. The van der Waals surface area contributed by atoms with Crippen LogP contribution < -0.4 is 4.57 Å². The molecule has 0 saturated carbocycles. The molecule has 0 aromatic carbocycles. The molecule has 0 N–H and O–H groups in total. The maximum absolute atomic E-state index is 4.55. The Morgan fingerprint density at radius 2 is 2.05 bits per heavy atom. The summed E-state index contributed by atoms with van der Waals surface area (Å²) in [5.41, 5.74) is 5.93. The molecule has 0 radical (unpaired) electrons. The van der Waals surface area contributed by atoms with E-state index in [0.717, 1.165) is 17.8 Å². The van der Waals surface area contributed by atoms with Crippen LogP contribution in [0, 0.1) is 0 Å². The van der Waals surface area contributed by atoms with Crippen LogP contribution in [0.5, 0.6) is 0 Å². The van der Waals surface area contributed by atoms with Crippen LogP contribution in [0.1, 0.15) is 5.56 Å². The zero-order valence-electron chi connectivity index (χ0n) is 11.0. The van der Waals surface area contributed by atoms with Crippen LogP contribution in [-0.4, -0.2) is 19.2 Å². The molecule has 4 aromatic heterocycles. The van der Waals surface area contributed by atoms with Crippen molar-refractivity contribution < 1.29 is 4.57 Å². The standard InChI is InChI=1S/C15H12N5/c1-18-12-9-20-11(5-3-7-17-20)14(12)19-8-10-4-2-6-16-13(10)15(18)19/h2-7,9H,8H2,1H3/q+1. The molecule has 5 heterocycles. The van der Waals surface area contributed by atoms with E-state index in [1.807, 2.05) is 29.0 Å². The number of fused-ring (bicyclic) bond motifs is 7. The molecule has 0 fully saturated rings.